The van der Waals surface area contributed by atoms with Crippen molar-refractivity contribution in [2.24, 2.45) is 0 Å². The van der Waals surface area contributed by atoms with E-state index in [1.54, 1.807) is 22.2 Å². The van der Waals surface area contributed by atoms with Crippen LogP contribution in [-0.4, -0.2) is 133 Å². The Morgan fingerprint density at radius 1 is 0.558 bits per heavy atom. The monoisotopic (exact) mass is 1050 g/mol. The Hall–Kier alpha value is -6.39. The minimum Gasteiger partial charge on any atom is -0.442 e. The van der Waals surface area contributed by atoms with Crippen molar-refractivity contribution >= 4 is 24.1 Å². The van der Waals surface area contributed by atoms with Crippen molar-refractivity contribution in [2.75, 3.05) is 26.3 Å². The van der Waals surface area contributed by atoms with Crippen LogP contribution in [-0.2, 0) is 54.2 Å². The summed E-state index contributed by atoms with van der Waals surface area (Å²) in [6.07, 6.45) is 19.4. The largest absolute Gasteiger partial charge is 0.442 e. The first-order valence-electron chi connectivity index (χ1n) is 27.9. The Morgan fingerprint density at radius 3 is 1.42 bits per heavy atom. The summed E-state index contributed by atoms with van der Waals surface area (Å²) in [5.41, 5.74) is 3.35. The molecule has 4 aliphatic carbocycles. The van der Waals surface area contributed by atoms with E-state index in [1.807, 2.05) is 72.8 Å². The summed E-state index contributed by atoms with van der Waals surface area (Å²) in [5, 5.41) is 19.9. The number of hydrogen-bond acceptors (Lipinski definition) is 12. The Labute approximate surface area is 451 Å². The lowest BCUT2D eigenvalue weighted by molar-refractivity contribution is -0.122. The predicted molar refractivity (Wildman–Crippen MR) is 287 cm³/mol. The molecule has 13 rings (SSSR count). The Morgan fingerprint density at radius 2 is 0.987 bits per heavy atom. The maximum Gasteiger partial charge on any atom is 0.419 e. The van der Waals surface area contributed by atoms with Crippen molar-refractivity contribution < 1.29 is 53.1 Å². The zero-order valence-corrected chi connectivity index (χ0v) is 44.1. The van der Waals surface area contributed by atoms with Crippen molar-refractivity contribution in [1.29, 1.82) is 0 Å². The van der Waals surface area contributed by atoms with Crippen molar-refractivity contribution in [2.45, 2.75) is 168 Å². The highest BCUT2D eigenvalue weighted by molar-refractivity contribution is 5.91. The number of carbonyl (C=O) groups excluding carboxylic acids is 4. The van der Waals surface area contributed by atoms with Crippen LogP contribution in [0.25, 0.3) is 0 Å². The summed E-state index contributed by atoms with van der Waals surface area (Å²) in [6.45, 7) is 1.58. The molecule has 0 unspecified atom stereocenters. The first-order chi connectivity index (χ1) is 37.4. The number of hydrogen-bond donors (Lipinski definition) is 2. The molecule has 5 heterocycles. The SMILES string of the molecule is O=C(OC1(Cc2ccccc2)CCC1)N1CC[C@H]2OC[C@H](O)[C@H]21.O=C(OC1(Cc2ccccc2)CCC1)n1ccnc1.O=C1CO[C@@H]2CCN(C(=O)OC3(Cc4ccccc4)CCC3)[C@H]12.OC1(Cc2ccccc2)CCC1. The van der Waals surface area contributed by atoms with E-state index in [-0.39, 0.29) is 65.7 Å². The molecule has 8 fully saturated rings. The summed E-state index contributed by atoms with van der Waals surface area (Å²) in [4.78, 5) is 56.4. The summed E-state index contributed by atoms with van der Waals surface area (Å²) in [7, 11) is 0. The van der Waals surface area contributed by atoms with Gasteiger partial charge in [0.1, 0.15) is 41.9 Å². The second kappa shape index (κ2) is 24.1. The molecule has 0 bridgehead atoms. The molecule has 0 spiro atoms. The number of rotatable bonds is 11. The molecular weight excluding hydrogens is 977 g/mol. The first kappa shape index (κ1) is 54.0. The number of nitrogens with zero attached hydrogens (tertiary/aromatic N) is 4. The lowest BCUT2D eigenvalue weighted by Crippen LogP contribution is -2.50. The lowest BCUT2D eigenvalue weighted by atomic mass is 9.76. The summed E-state index contributed by atoms with van der Waals surface area (Å²) in [5.74, 6) is -0.00447. The summed E-state index contributed by atoms with van der Waals surface area (Å²) in [6, 6.07) is 40.0. The maximum absolute atomic E-state index is 12.7. The van der Waals surface area contributed by atoms with Crippen LogP contribution < -0.4 is 0 Å². The van der Waals surface area contributed by atoms with Crippen LogP contribution in [0.5, 0.6) is 0 Å². The van der Waals surface area contributed by atoms with E-state index in [2.05, 4.69) is 53.5 Å². The molecule has 15 nitrogen and oxygen atoms in total. The topological polar surface area (TPSA) is 179 Å². The van der Waals surface area contributed by atoms with Crippen molar-refractivity contribution in [3.05, 3.63) is 162 Å². The molecule has 408 valence electrons. The number of ketones is 1. The Balaban J connectivity index is 0.000000119. The molecule has 4 saturated carbocycles. The third-order valence-electron chi connectivity index (χ3n) is 17.0. The second-order valence-electron chi connectivity index (χ2n) is 22.6. The van der Waals surface area contributed by atoms with Gasteiger partial charge in [-0.25, -0.2) is 23.9 Å². The molecule has 77 heavy (non-hydrogen) atoms. The molecule has 1 aromatic heterocycles. The minimum atomic E-state index is -0.596. The van der Waals surface area contributed by atoms with E-state index in [4.69, 9.17) is 23.7 Å². The van der Waals surface area contributed by atoms with Crippen molar-refractivity contribution in [3.63, 3.8) is 0 Å². The van der Waals surface area contributed by atoms with Crippen LogP contribution in [0.1, 0.15) is 112 Å². The molecular formula is C62H74N4O11. The molecule has 5 aromatic rings. The molecule has 2 N–H and O–H groups in total. The number of ether oxygens (including phenoxy) is 5. The normalized spacial score (nSPS) is 25.1. The number of Topliss-reactive ketones (excluding diaryl/α,β-unsaturated/α-hetero) is 1. The number of aromatic nitrogens is 2. The predicted octanol–water partition coefficient (Wildman–Crippen LogP) is 9.63. The van der Waals surface area contributed by atoms with Gasteiger partial charge in [0.05, 0.1) is 30.5 Å². The fourth-order valence-electron chi connectivity index (χ4n) is 12.1. The number of benzene rings is 4. The van der Waals surface area contributed by atoms with Gasteiger partial charge in [-0.3, -0.25) is 14.6 Å². The second-order valence-corrected chi connectivity index (χ2v) is 22.6. The third-order valence-corrected chi connectivity index (χ3v) is 17.0. The van der Waals surface area contributed by atoms with E-state index in [1.165, 1.54) is 39.6 Å². The number of fused-ring (bicyclic) bond motifs is 2. The van der Waals surface area contributed by atoms with E-state index >= 15 is 0 Å². The van der Waals surface area contributed by atoms with Gasteiger partial charge in [0.2, 0.25) is 0 Å². The van der Waals surface area contributed by atoms with Crippen LogP contribution in [0.2, 0.25) is 0 Å². The highest BCUT2D eigenvalue weighted by Gasteiger charge is 2.52. The summed E-state index contributed by atoms with van der Waals surface area (Å²) < 4.78 is 29.9. The average molecular weight is 1050 g/mol. The van der Waals surface area contributed by atoms with E-state index < -0.39 is 17.7 Å². The van der Waals surface area contributed by atoms with Gasteiger partial charge in [-0.1, -0.05) is 121 Å². The standard InChI is InChI=1S/C18H23NO4.C18H21NO4.C15H16N2O2.C11H14O/c2*20-14-12-22-15-7-10-19(16(14)15)17(21)23-18(8-4-9-18)11-13-5-2-1-3-6-13;18-14(17-10-9-16-12-17)19-15(7-4-8-15)11-13-5-2-1-3-6-13;12-11(7-4-8-11)9-10-5-2-1-3-6-10/h1-3,5-6,14-16,20H,4,7-12H2;1-3,5-6,15-16H,4,7-12H2;1-3,5-6,9-10,12H,4,7-8,11H2;1-3,5-6,12H,4,7-9H2/t14-,15+,16+;15-,16-;;/m01../s1. The lowest BCUT2D eigenvalue weighted by Gasteiger charge is -2.42. The average Bonchev–Trinajstić information content (AvgIpc) is 4.28. The van der Waals surface area contributed by atoms with E-state index in [9.17, 15) is 29.4 Å². The molecule has 4 aromatic carbocycles. The molecule has 5 atom stereocenters. The van der Waals surface area contributed by atoms with Gasteiger partial charge >= 0.3 is 18.3 Å². The minimum absolute atomic E-state index is 0.00447. The van der Waals surface area contributed by atoms with E-state index in [0.717, 1.165) is 109 Å². The van der Waals surface area contributed by atoms with E-state index in [0.29, 0.717) is 19.7 Å². The highest BCUT2D eigenvalue weighted by atomic mass is 16.6. The van der Waals surface area contributed by atoms with Crippen molar-refractivity contribution in [1.82, 2.24) is 19.4 Å². The van der Waals surface area contributed by atoms with Crippen LogP contribution in [0.4, 0.5) is 14.4 Å². The van der Waals surface area contributed by atoms with Gasteiger partial charge in [-0.2, -0.15) is 0 Å². The van der Waals surface area contributed by atoms with Gasteiger partial charge < -0.3 is 33.9 Å². The molecule has 15 heteroatoms. The molecule has 0 radical (unpaired) electrons. The zero-order valence-electron chi connectivity index (χ0n) is 44.1. The summed E-state index contributed by atoms with van der Waals surface area (Å²) >= 11 is 0. The fraction of sp³-hybridized carbons (Fsp3) is 0.500. The Kier molecular flexibility index (Phi) is 16.9. The molecule has 8 aliphatic rings. The maximum atomic E-state index is 12.7. The third kappa shape index (κ3) is 13.1. The Bertz CT molecular complexity index is 2710. The number of aliphatic hydroxyl groups excluding tert-OH is 1. The van der Waals surface area contributed by atoms with Crippen LogP contribution in [0.15, 0.2) is 140 Å². The fourth-order valence-corrected chi connectivity index (χ4v) is 12.1. The quantitative estimate of drug-likeness (QED) is 0.120. The van der Waals surface area contributed by atoms with Gasteiger partial charge in [0, 0.05) is 51.2 Å². The highest BCUT2D eigenvalue weighted by Crippen LogP contribution is 2.43. The van der Waals surface area contributed by atoms with Crippen molar-refractivity contribution in [3.8, 4) is 0 Å². The zero-order chi connectivity index (χ0) is 53.3. The van der Waals surface area contributed by atoms with Crippen LogP contribution in [0.3, 0.4) is 0 Å². The number of aliphatic hydroxyl groups is 2. The van der Waals surface area contributed by atoms with Gasteiger partial charge in [0.25, 0.3) is 0 Å². The van der Waals surface area contributed by atoms with Gasteiger partial charge in [-0.05, 0) is 112 Å². The van der Waals surface area contributed by atoms with Crippen LogP contribution in [0, 0.1) is 0 Å². The first-order valence-corrected chi connectivity index (χ1v) is 27.9. The number of imidazole rings is 1. The molecule has 4 saturated heterocycles. The van der Waals surface area contributed by atoms with Gasteiger partial charge in [0.15, 0.2) is 5.78 Å². The van der Waals surface area contributed by atoms with Gasteiger partial charge in [-0.15, -0.1) is 0 Å². The van der Waals surface area contributed by atoms with Crippen LogP contribution >= 0.6 is 0 Å². The molecule has 2 amide bonds. The number of amides is 2. The smallest absolute Gasteiger partial charge is 0.419 e. The number of carbonyl (C=O) groups is 4. The number of likely N-dealkylation sites (tertiary alicyclic amines) is 2. The molecule has 4 aliphatic heterocycles.